The molecule has 2 aromatic rings. The molecule has 0 atom stereocenters. The highest BCUT2D eigenvalue weighted by Crippen LogP contribution is 2.23. The standard InChI is InChI=1S/C13H9BrF2N2O2/c14-13-2-1-9(15)3-8(13)7-17-11-4-10(16)5-12(6-11)18(19)20/h1-6,17H,7H2. The summed E-state index contributed by atoms with van der Waals surface area (Å²) in [5, 5.41) is 13.5. The Balaban J connectivity index is 2.18. The maximum Gasteiger partial charge on any atom is 0.274 e. The summed E-state index contributed by atoms with van der Waals surface area (Å²) in [4.78, 5) is 9.96. The third kappa shape index (κ3) is 3.51. The molecule has 0 saturated carbocycles. The SMILES string of the molecule is O=[N+]([O-])c1cc(F)cc(NCc2cc(F)ccc2Br)c1. The lowest BCUT2D eigenvalue weighted by Gasteiger charge is -2.08. The lowest BCUT2D eigenvalue weighted by molar-refractivity contribution is -0.385. The average Bonchev–Trinajstić information content (AvgIpc) is 2.39. The van der Waals surface area contributed by atoms with Gasteiger partial charge in [0.25, 0.3) is 5.69 Å². The van der Waals surface area contributed by atoms with Crippen molar-refractivity contribution in [3.8, 4) is 0 Å². The fourth-order valence-electron chi connectivity index (χ4n) is 1.66. The van der Waals surface area contributed by atoms with Crippen LogP contribution >= 0.6 is 15.9 Å². The summed E-state index contributed by atoms with van der Waals surface area (Å²) in [7, 11) is 0. The molecule has 0 fully saturated rings. The second-order valence-corrected chi connectivity index (χ2v) is 4.90. The molecule has 0 unspecified atom stereocenters. The molecule has 4 nitrogen and oxygen atoms in total. The highest BCUT2D eigenvalue weighted by Gasteiger charge is 2.10. The van der Waals surface area contributed by atoms with Crippen molar-refractivity contribution in [3.63, 3.8) is 0 Å². The number of benzene rings is 2. The van der Waals surface area contributed by atoms with E-state index in [4.69, 9.17) is 0 Å². The number of nitrogens with one attached hydrogen (secondary N) is 1. The highest BCUT2D eigenvalue weighted by atomic mass is 79.9. The lowest BCUT2D eigenvalue weighted by Crippen LogP contribution is -2.02. The molecule has 0 heterocycles. The number of nitro groups is 1. The van der Waals surface area contributed by atoms with E-state index in [2.05, 4.69) is 21.2 Å². The van der Waals surface area contributed by atoms with Crippen LogP contribution in [-0.2, 0) is 6.54 Å². The first kappa shape index (κ1) is 14.4. The van der Waals surface area contributed by atoms with E-state index < -0.39 is 16.6 Å². The number of non-ortho nitro benzene ring substituents is 1. The van der Waals surface area contributed by atoms with Gasteiger partial charge in [-0.1, -0.05) is 15.9 Å². The molecular formula is C13H9BrF2N2O2. The minimum Gasteiger partial charge on any atom is -0.381 e. The van der Waals surface area contributed by atoms with E-state index in [1.54, 1.807) is 6.07 Å². The molecule has 0 spiro atoms. The van der Waals surface area contributed by atoms with Gasteiger partial charge in [-0.2, -0.15) is 0 Å². The van der Waals surface area contributed by atoms with Gasteiger partial charge in [-0.25, -0.2) is 8.78 Å². The average molecular weight is 343 g/mol. The number of hydrogen-bond acceptors (Lipinski definition) is 3. The lowest BCUT2D eigenvalue weighted by atomic mass is 10.2. The Kier molecular flexibility index (Phi) is 4.29. The molecule has 0 aliphatic carbocycles. The quantitative estimate of drug-likeness (QED) is 0.667. The molecule has 0 radical (unpaired) electrons. The fraction of sp³-hybridized carbons (Fsp3) is 0.0769. The summed E-state index contributed by atoms with van der Waals surface area (Å²) < 4.78 is 27.0. The Morgan fingerprint density at radius 3 is 2.60 bits per heavy atom. The molecule has 0 saturated heterocycles. The van der Waals surface area contributed by atoms with E-state index in [1.165, 1.54) is 18.2 Å². The molecule has 0 amide bonds. The molecule has 0 aliphatic rings. The van der Waals surface area contributed by atoms with Gasteiger partial charge in [0.1, 0.15) is 11.6 Å². The van der Waals surface area contributed by atoms with Gasteiger partial charge in [0, 0.05) is 22.8 Å². The molecular weight excluding hydrogens is 334 g/mol. The van der Waals surface area contributed by atoms with Crippen LogP contribution in [0.4, 0.5) is 20.2 Å². The summed E-state index contributed by atoms with van der Waals surface area (Å²) in [5.41, 5.74) is 0.538. The van der Waals surface area contributed by atoms with Crippen molar-refractivity contribution in [2.24, 2.45) is 0 Å². The third-order valence-corrected chi connectivity index (χ3v) is 3.36. The van der Waals surface area contributed by atoms with Gasteiger partial charge in [0.2, 0.25) is 0 Å². The molecule has 0 aromatic heterocycles. The minimum atomic E-state index is -0.708. The monoisotopic (exact) mass is 342 g/mol. The van der Waals surface area contributed by atoms with Crippen LogP contribution in [0.25, 0.3) is 0 Å². The van der Waals surface area contributed by atoms with Crippen LogP contribution in [0.15, 0.2) is 40.9 Å². The smallest absolute Gasteiger partial charge is 0.274 e. The van der Waals surface area contributed by atoms with Crippen LogP contribution in [0.2, 0.25) is 0 Å². The van der Waals surface area contributed by atoms with Crippen molar-refractivity contribution in [2.45, 2.75) is 6.54 Å². The zero-order chi connectivity index (χ0) is 14.7. The molecule has 7 heteroatoms. The summed E-state index contributed by atoms with van der Waals surface area (Å²) in [6.45, 7) is 0.207. The van der Waals surface area contributed by atoms with Crippen LogP contribution in [0.1, 0.15) is 5.56 Å². The predicted octanol–water partition coefficient (Wildman–Crippen LogP) is 4.25. The van der Waals surface area contributed by atoms with Gasteiger partial charge < -0.3 is 5.32 Å². The fourth-order valence-corrected chi connectivity index (χ4v) is 2.04. The molecule has 2 rings (SSSR count). The Hall–Kier alpha value is -2.02. The van der Waals surface area contributed by atoms with Crippen molar-refractivity contribution < 1.29 is 13.7 Å². The van der Waals surface area contributed by atoms with Crippen molar-refractivity contribution in [3.05, 3.63) is 68.2 Å². The van der Waals surface area contributed by atoms with Crippen LogP contribution in [-0.4, -0.2) is 4.92 Å². The Morgan fingerprint density at radius 1 is 1.15 bits per heavy atom. The first-order valence-corrected chi connectivity index (χ1v) is 6.38. The third-order valence-electron chi connectivity index (χ3n) is 2.58. The minimum absolute atomic E-state index is 0.207. The Labute approximate surface area is 121 Å². The number of halogens is 3. The van der Waals surface area contributed by atoms with Crippen molar-refractivity contribution in [2.75, 3.05) is 5.32 Å². The maximum atomic E-state index is 13.2. The molecule has 2 aromatic carbocycles. The maximum absolute atomic E-state index is 13.2. The van der Waals surface area contributed by atoms with E-state index in [-0.39, 0.29) is 17.9 Å². The number of nitro benzene ring substituents is 1. The second-order valence-electron chi connectivity index (χ2n) is 4.04. The molecule has 1 N–H and O–H groups in total. The van der Waals surface area contributed by atoms with E-state index in [1.807, 2.05) is 0 Å². The van der Waals surface area contributed by atoms with Gasteiger partial charge in [-0.3, -0.25) is 10.1 Å². The topological polar surface area (TPSA) is 55.2 Å². The summed E-state index contributed by atoms with van der Waals surface area (Å²) >= 11 is 3.27. The van der Waals surface area contributed by atoms with Crippen LogP contribution in [0, 0.1) is 21.7 Å². The number of rotatable bonds is 4. The van der Waals surface area contributed by atoms with E-state index >= 15 is 0 Å². The number of hydrogen-bond donors (Lipinski definition) is 1. The summed E-state index contributed by atoms with van der Waals surface area (Å²) in [6.07, 6.45) is 0. The highest BCUT2D eigenvalue weighted by molar-refractivity contribution is 9.10. The van der Waals surface area contributed by atoms with Gasteiger partial charge in [0.05, 0.1) is 11.0 Å². The van der Waals surface area contributed by atoms with Gasteiger partial charge in [-0.05, 0) is 29.8 Å². The van der Waals surface area contributed by atoms with E-state index in [0.717, 1.165) is 12.1 Å². The van der Waals surface area contributed by atoms with Gasteiger partial charge in [-0.15, -0.1) is 0 Å². The molecule has 104 valence electrons. The Morgan fingerprint density at radius 2 is 1.90 bits per heavy atom. The first-order valence-electron chi connectivity index (χ1n) is 5.58. The first-order chi connectivity index (χ1) is 9.45. The van der Waals surface area contributed by atoms with Crippen LogP contribution in [0.3, 0.4) is 0 Å². The second kappa shape index (κ2) is 5.96. The number of anilines is 1. The zero-order valence-corrected chi connectivity index (χ0v) is 11.7. The van der Waals surface area contributed by atoms with Gasteiger partial charge in [0.15, 0.2) is 0 Å². The summed E-state index contributed by atoms with van der Waals surface area (Å²) in [5.74, 6) is -1.10. The van der Waals surface area contributed by atoms with E-state index in [9.17, 15) is 18.9 Å². The van der Waals surface area contributed by atoms with Gasteiger partial charge >= 0.3 is 0 Å². The summed E-state index contributed by atoms with van der Waals surface area (Å²) in [6, 6.07) is 7.38. The van der Waals surface area contributed by atoms with Crippen LogP contribution in [0.5, 0.6) is 0 Å². The molecule has 0 bridgehead atoms. The normalized spacial score (nSPS) is 10.3. The Bertz CT molecular complexity index is 665. The van der Waals surface area contributed by atoms with Crippen molar-refractivity contribution in [1.29, 1.82) is 0 Å². The van der Waals surface area contributed by atoms with E-state index in [0.29, 0.717) is 10.0 Å². The molecule has 20 heavy (non-hydrogen) atoms. The van der Waals surface area contributed by atoms with Crippen molar-refractivity contribution in [1.82, 2.24) is 0 Å². The molecule has 0 aliphatic heterocycles. The number of nitrogens with zero attached hydrogens (tertiary/aromatic N) is 1. The predicted molar refractivity (Wildman–Crippen MR) is 74.5 cm³/mol. The van der Waals surface area contributed by atoms with Crippen molar-refractivity contribution >= 4 is 27.3 Å². The largest absolute Gasteiger partial charge is 0.381 e. The zero-order valence-electron chi connectivity index (χ0n) is 10.1. The van der Waals surface area contributed by atoms with Crippen LogP contribution < -0.4 is 5.32 Å².